The zero-order chi connectivity index (χ0) is 16.2. The van der Waals surface area contributed by atoms with Crippen molar-refractivity contribution in [2.75, 3.05) is 36.5 Å². The molecule has 0 radical (unpaired) electrons. The van der Waals surface area contributed by atoms with Gasteiger partial charge in [0, 0.05) is 29.4 Å². The van der Waals surface area contributed by atoms with Crippen molar-refractivity contribution in [1.82, 2.24) is 0 Å². The molecule has 0 unspecified atom stereocenters. The van der Waals surface area contributed by atoms with Crippen molar-refractivity contribution in [2.24, 2.45) is 0 Å². The van der Waals surface area contributed by atoms with E-state index in [1.165, 1.54) is 6.07 Å². The quantitative estimate of drug-likeness (QED) is 0.933. The van der Waals surface area contributed by atoms with Gasteiger partial charge in [0.25, 0.3) is 5.91 Å². The third-order valence-electron chi connectivity index (χ3n) is 3.64. The Labute approximate surface area is 138 Å². The Bertz CT molecular complexity index is 717. The van der Waals surface area contributed by atoms with Crippen LogP contribution in [-0.2, 0) is 4.74 Å². The number of morpholine rings is 1. The topological polar surface area (TPSA) is 41.6 Å². The first kappa shape index (κ1) is 15.8. The molecule has 1 saturated heterocycles. The summed E-state index contributed by atoms with van der Waals surface area (Å²) in [7, 11) is 0. The van der Waals surface area contributed by atoms with Gasteiger partial charge in [-0.3, -0.25) is 4.79 Å². The molecule has 23 heavy (non-hydrogen) atoms. The predicted molar refractivity (Wildman–Crippen MR) is 88.8 cm³/mol. The van der Waals surface area contributed by atoms with E-state index in [0.717, 1.165) is 0 Å². The average molecular weight is 335 g/mol. The van der Waals surface area contributed by atoms with E-state index in [1.54, 1.807) is 36.4 Å². The molecule has 0 aromatic heterocycles. The fraction of sp³-hybridized carbons (Fsp3) is 0.235. The first-order chi connectivity index (χ1) is 11.1. The van der Waals surface area contributed by atoms with E-state index in [0.29, 0.717) is 48.3 Å². The summed E-state index contributed by atoms with van der Waals surface area (Å²) in [5.74, 6) is -0.693. The normalized spacial score (nSPS) is 14.6. The largest absolute Gasteiger partial charge is 0.378 e. The highest BCUT2D eigenvalue weighted by atomic mass is 35.5. The number of carbonyl (C=O) groups is 1. The molecule has 2 aromatic rings. The van der Waals surface area contributed by atoms with E-state index < -0.39 is 0 Å². The molecule has 1 fully saturated rings. The summed E-state index contributed by atoms with van der Waals surface area (Å²) in [5, 5.41) is 3.15. The number of hydrogen-bond donors (Lipinski definition) is 1. The van der Waals surface area contributed by atoms with Gasteiger partial charge >= 0.3 is 0 Å². The standard InChI is InChI=1S/C17H16ClFN2O2/c18-13-3-1-2-12(10-13)17(22)20-14-4-5-16(15(19)11-14)21-6-8-23-9-7-21/h1-5,10-11H,6-9H2,(H,20,22). The zero-order valence-electron chi connectivity index (χ0n) is 12.4. The monoisotopic (exact) mass is 334 g/mol. The van der Waals surface area contributed by atoms with Crippen LogP contribution in [0.1, 0.15) is 10.4 Å². The Morgan fingerprint density at radius 1 is 1.17 bits per heavy atom. The Hall–Kier alpha value is -2.11. The molecule has 1 N–H and O–H groups in total. The number of carbonyl (C=O) groups excluding carboxylic acids is 1. The van der Waals surface area contributed by atoms with E-state index >= 15 is 0 Å². The minimum Gasteiger partial charge on any atom is -0.378 e. The van der Waals surface area contributed by atoms with Gasteiger partial charge in [-0.1, -0.05) is 17.7 Å². The summed E-state index contributed by atoms with van der Waals surface area (Å²) >= 11 is 5.87. The number of halogens is 2. The molecule has 0 bridgehead atoms. The second kappa shape index (κ2) is 6.98. The van der Waals surface area contributed by atoms with E-state index in [4.69, 9.17) is 16.3 Å². The maximum absolute atomic E-state index is 14.3. The smallest absolute Gasteiger partial charge is 0.255 e. The first-order valence-electron chi connectivity index (χ1n) is 7.32. The predicted octanol–water partition coefficient (Wildman–Crippen LogP) is 3.57. The Morgan fingerprint density at radius 2 is 1.96 bits per heavy atom. The molecule has 0 saturated carbocycles. The van der Waals surface area contributed by atoms with Crippen molar-refractivity contribution in [1.29, 1.82) is 0 Å². The summed E-state index contributed by atoms with van der Waals surface area (Å²) in [6.07, 6.45) is 0. The number of hydrogen-bond acceptors (Lipinski definition) is 3. The lowest BCUT2D eigenvalue weighted by Gasteiger charge is -2.29. The van der Waals surface area contributed by atoms with Crippen LogP contribution >= 0.6 is 11.6 Å². The SMILES string of the molecule is O=C(Nc1ccc(N2CCOCC2)c(F)c1)c1cccc(Cl)c1. The summed E-state index contributed by atoms with van der Waals surface area (Å²) in [4.78, 5) is 14.1. The van der Waals surface area contributed by atoms with Gasteiger partial charge in [0.05, 0.1) is 18.9 Å². The second-order valence-corrected chi connectivity index (χ2v) is 5.67. The van der Waals surface area contributed by atoms with E-state index in [9.17, 15) is 9.18 Å². The van der Waals surface area contributed by atoms with Crippen LogP contribution in [0.3, 0.4) is 0 Å². The maximum atomic E-state index is 14.3. The molecule has 3 rings (SSSR count). The highest BCUT2D eigenvalue weighted by molar-refractivity contribution is 6.31. The number of nitrogens with one attached hydrogen (secondary N) is 1. The number of amides is 1. The van der Waals surface area contributed by atoms with Crippen LogP contribution in [0.25, 0.3) is 0 Å². The number of ether oxygens (including phenoxy) is 1. The van der Waals surface area contributed by atoms with Gasteiger partial charge in [0.1, 0.15) is 5.82 Å². The van der Waals surface area contributed by atoms with Crippen LogP contribution < -0.4 is 10.2 Å². The molecule has 0 aliphatic carbocycles. The molecule has 1 aliphatic heterocycles. The van der Waals surface area contributed by atoms with Crippen molar-refractivity contribution in [3.63, 3.8) is 0 Å². The summed E-state index contributed by atoms with van der Waals surface area (Å²) < 4.78 is 19.6. The third-order valence-corrected chi connectivity index (χ3v) is 3.88. The lowest BCUT2D eigenvalue weighted by atomic mass is 10.2. The molecule has 6 heteroatoms. The van der Waals surface area contributed by atoms with Crippen LogP contribution in [-0.4, -0.2) is 32.2 Å². The van der Waals surface area contributed by atoms with Crippen molar-refractivity contribution < 1.29 is 13.9 Å². The molecule has 0 atom stereocenters. The van der Waals surface area contributed by atoms with Crippen molar-refractivity contribution in [2.45, 2.75) is 0 Å². The first-order valence-corrected chi connectivity index (χ1v) is 7.70. The van der Waals surface area contributed by atoms with E-state index in [2.05, 4.69) is 5.32 Å². The third kappa shape index (κ3) is 3.81. The molecule has 0 spiro atoms. The number of anilines is 2. The van der Waals surface area contributed by atoms with Crippen molar-refractivity contribution in [3.05, 3.63) is 58.9 Å². The summed E-state index contributed by atoms with van der Waals surface area (Å²) in [6, 6.07) is 11.3. The summed E-state index contributed by atoms with van der Waals surface area (Å²) in [6.45, 7) is 2.50. The average Bonchev–Trinajstić information content (AvgIpc) is 2.56. The van der Waals surface area contributed by atoms with Gasteiger partial charge < -0.3 is 15.0 Å². The van der Waals surface area contributed by atoms with Gasteiger partial charge in [-0.2, -0.15) is 0 Å². The molecule has 2 aromatic carbocycles. The molecule has 120 valence electrons. The number of nitrogens with zero attached hydrogens (tertiary/aromatic N) is 1. The number of benzene rings is 2. The molecular weight excluding hydrogens is 319 g/mol. The number of rotatable bonds is 3. The summed E-state index contributed by atoms with van der Waals surface area (Å²) in [5.41, 5.74) is 1.36. The van der Waals surface area contributed by atoms with Crippen LogP contribution in [0, 0.1) is 5.82 Å². The van der Waals surface area contributed by atoms with Gasteiger partial charge in [-0.15, -0.1) is 0 Å². The highest BCUT2D eigenvalue weighted by Crippen LogP contribution is 2.24. The van der Waals surface area contributed by atoms with Crippen LogP contribution in [0.2, 0.25) is 5.02 Å². The van der Waals surface area contributed by atoms with Crippen LogP contribution in [0.15, 0.2) is 42.5 Å². The van der Waals surface area contributed by atoms with Gasteiger partial charge in [-0.05, 0) is 36.4 Å². The van der Waals surface area contributed by atoms with E-state index in [1.807, 2.05) is 4.90 Å². The van der Waals surface area contributed by atoms with E-state index in [-0.39, 0.29) is 11.7 Å². The van der Waals surface area contributed by atoms with Crippen molar-refractivity contribution >= 4 is 28.9 Å². The van der Waals surface area contributed by atoms with Crippen LogP contribution in [0.4, 0.5) is 15.8 Å². The molecular formula is C17H16ClFN2O2. The Kier molecular flexibility index (Phi) is 4.79. The van der Waals surface area contributed by atoms with Gasteiger partial charge in [0.2, 0.25) is 0 Å². The van der Waals surface area contributed by atoms with Gasteiger partial charge in [0.15, 0.2) is 0 Å². The molecule has 1 amide bonds. The fourth-order valence-electron chi connectivity index (χ4n) is 2.48. The second-order valence-electron chi connectivity index (χ2n) is 5.23. The Balaban J connectivity index is 1.73. The van der Waals surface area contributed by atoms with Crippen LogP contribution in [0.5, 0.6) is 0 Å². The lowest BCUT2D eigenvalue weighted by molar-refractivity contribution is 0.102. The minimum atomic E-state index is -0.365. The zero-order valence-corrected chi connectivity index (χ0v) is 13.1. The fourth-order valence-corrected chi connectivity index (χ4v) is 2.67. The maximum Gasteiger partial charge on any atom is 0.255 e. The minimum absolute atomic E-state index is 0.328. The molecule has 4 nitrogen and oxygen atoms in total. The highest BCUT2D eigenvalue weighted by Gasteiger charge is 2.16. The Morgan fingerprint density at radius 3 is 2.65 bits per heavy atom. The molecule has 1 aliphatic rings. The molecule has 1 heterocycles. The van der Waals surface area contributed by atoms with Crippen molar-refractivity contribution in [3.8, 4) is 0 Å². The lowest BCUT2D eigenvalue weighted by Crippen LogP contribution is -2.36. The van der Waals surface area contributed by atoms with Gasteiger partial charge in [-0.25, -0.2) is 4.39 Å².